The minimum absolute atomic E-state index is 0.00799. The third kappa shape index (κ3) is 4.22. The first-order valence-electron chi connectivity index (χ1n) is 7.61. The molecule has 1 heterocycles. The van der Waals surface area contributed by atoms with Gasteiger partial charge in [-0.1, -0.05) is 13.8 Å². The minimum atomic E-state index is -3.04. The quantitative estimate of drug-likeness (QED) is 0.826. The van der Waals surface area contributed by atoms with Crippen molar-refractivity contribution in [2.75, 3.05) is 18.6 Å². The van der Waals surface area contributed by atoms with E-state index in [0.29, 0.717) is 36.1 Å². The van der Waals surface area contributed by atoms with E-state index in [2.05, 4.69) is 5.32 Å². The molecule has 1 aromatic rings. The van der Waals surface area contributed by atoms with Gasteiger partial charge in [0.1, 0.15) is 15.6 Å². The highest BCUT2D eigenvalue weighted by Gasteiger charge is 2.36. The van der Waals surface area contributed by atoms with E-state index in [0.717, 1.165) is 6.26 Å². The maximum absolute atomic E-state index is 12.3. The van der Waals surface area contributed by atoms with Crippen LogP contribution in [0.2, 0.25) is 0 Å². The van der Waals surface area contributed by atoms with Gasteiger partial charge in [0.05, 0.1) is 11.3 Å². The molecule has 1 N–H and O–H groups in total. The highest BCUT2D eigenvalue weighted by molar-refractivity contribution is 7.90. The number of furan rings is 1. The maximum atomic E-state index is 12.3. The van der Waals surface area contributed by atoms with Gasteiger partial charge in [0.15, 0.2) is 11.5 Å². The van der Waals surface area contributed by atoms with Crippen molar-refractivity contribution in [3.63, 3.8) is 0 Å². The summed E-state index contributed by atoms with van der Waals surface area (Å²) in [6.45, 7) is 5.95. The molecule has 23 heavy (non-hydrogen) atoms. The summed E-state index contributed by atoms with van der Waals surface area (Å²) in [6.07, 6.45) is 2.56. The van der Waals surface area contributed by atoms with Gasteiger partial charge in [-0.2, -0.15) is 0 Å². The second-order valence-corrected chi connectivity index (χ2v) is 9.29. The maximum Gasteiger partial charge on any atom is 0.287 e. The molecule has 6 nitrogen and oxygen atoms in total. The zero-order valence-electron chi connectivity index (χ0n) is 14.0. The third-order valence-corrected chi connectivity index (χ3v) is 4.99. The number of amides is 1. The summed E-state index contributed by atoms with van der Waals surface area (Å²) in [6, 6.07) is 0. The Morgan fingerprint density at radius 2 is 1.96 bits per heavy atom. The fourth-order valence-electron chi connectivity index (χ4n) is 2.92. The van der Waals surface area contributed by atoms with E-state index in [1.165, 1.54) is 0 Å². The molecular weight excluding hydrogens is 318 g/mol. The van der Waals surface area contributed by atoms with E-state index >= 15 is 0 Å². The predicted molar refractivity (Wildman–Crippen MR) is 86.5 cm³/mol. The molecule has 0 atom stereocenters. The van der Waals surface area contributed by atoms with Crippen LogP contribution in [-0.4, -0.2) is 38.7 Å². The fourth-order valence-corrected chi connectivity index (χ4v) is 3.58. The van der Waals surface area contributed by atoms with E-state index in [-0.39, 0.29) is 29.3 Å². The van der Waals surface area contributed by atoms with Gasteiger partial charge < -0.3 is 9.73 Å². The topological polar surface area (TPSA) is 93.4 Å². The lowest BCUT2D eigenvalue weighted by atomic mass is 9.76. The van der Waals surface area contributed by atoms with E-state index in [9.17, 15) is 18.0 Å². The van der Waals surface area contributed by atoms with E-state index < -0.39 is 15.7 Å². The molecule has 2 rings (SSSR count). The highest BCUT2D eigenvalue weighted by atomic mass is 32.2. The summed E-state index contributed by atoms with van der Waals surface area (Å²) >= 11 is 0. The number of nitrogens with one attached hydrogen (secondary N) is 1. The Labute approximate surface area is 136 Å². The molecule has 1 aliphatic rings. The van der Waals surface area contributed by atoms with Gasteiger partial charge in [-0.3, -0.25) is 9.59 Å². The molecule has 0 spiro atoms. The van der Waals surface area contributed by atoms with Crippen LogP contribution in [0, 0.1) is 12.3 Å². The Bertz CT molecular complexity index is 743. The van der Waals surface area contributed by atoms with E-state index in [4.69, 9.17) is 4.42 Å². The van der Waals surface area contributed by atoms with Crippen LogP contribution in [0.1, 0.15) is 58.9 Å². The van der Waals surface area contributed by atoms with Crippen molar-refractivity contribution in [3.05, 3.63) is 22.6 Å². The smallest absolute Gasteiger partial charge is 0.287 e. The van der Waals surface area contributed by atoms with Crippen molar-refractivity contribution in [1.82, 2.24) is 5.32 Å². The fraction of sp³-hybridized carbons (Fsp3) is 0.625. The summed E-state index contributed by atoms with van der Waals surface area (Å²) in [5, 5.41) is 2.65. The van der Waals surface area contributed by atoms with Crippen LogP contribution in [0.3, 0.4) is 0 Å². The van der Waals surface area contributed by atoms with Crippen molar-refractivity contribution in [3.8, 4) is 0 Å². The molecule has 0 bridgehead atoms. The van der Waals surface area contributed by atoms with Gasteiger partial charge in [0.2, 0.25) is 0 Å². The zero-order valence-corrected chi connectivity index (χ0v) is 14.8. The molecule has 0 aliphatic heterocycles. The number of Topliss-reactive ketones (excluding diaryl/α,β-unsaturated/α-hetero) is 1. The lowest BCUT2D eigenvalue weighted by molar-refractivity contribution is 0.0889. The summed E-state index contributed by atoms with van der Waals surface area (Å²) < 4.78 is 27.8. The van der Waals surface area contributed by atoms with Crippen LogP contribution in [0.15, 0.2) is 4.42 Å². The van der Waals surface area contributed by atoms with Crippen LogP contribution in [-0.2, 0) is 16.3 Å². The monoisotopic (exact) mass is 341 g/mol. The minimum Gasteiger partial charge on any atom is -0.455 e. The lowest BCUT2D eigenvalue weighted by Gasteiger charge is -2.27. The van der Waals surface area contributed by atoms with Gasteiger partial charge in [-0.05, 0) is 18.8 Å². The molecule has 1 aliphatic carbocycles. The average Bonchev–Trinajstić information content (AvgIpc) is 2.69. The zero-order chi connectivity index (χ0) is 17.4. The number of carbonyl (C=O) groups excluding carboxylic acids is 2. The van der Waals surface area contributed by atoms with E-state index in [1.807, 2.05) is 13.8 Å². The van der Waals surface area contributed by atoms with Crippen LogP contribution in [0.25, 0.3) is 0 Å². The molecular formula is C16H23NO5S. The number of sulfone groups is 1. The molecule has 0 radical (unpaired) electrons. The van der Waals surface area contributed by atoms with Crippen molar-refractivity contribution in [2.45, 2.75) is 40.0 Å². The highest BCUT2D eigenvalue weighted by Crippen LogP contribution is 2.38. The van der Waals surface area contributed by atoms with Crippen molar-refractivity contribution in [1.29, 1.82) is 0 Å². The number of ketones is 1. The average molecular weight is 341 g/mol. The Morgan fingerprint density at radius 1 is 1.30 bits per heavy atom. The first-order chi connectivity index (χ1) is 10.5. The van der Waals surface area contributed by atoms with Gasteiger partial charge in [-0.15, -0.1) is 0 Å². The lowest BCUT2D eigenvalue weighted by Crippen LogP contribution is -2.26. The summed E-state index contributed by atoms with van der Waals surface area (Å²) in [7, 11) is -3.04. The Kier molecular flexibility index (Phi) is 4.71. The normalized spacial score (nSPS) is 17.0. The van der Waals surface area contributed by atoms with Gasteiger partial charge in [0, 0.05) is 31.2 Å². The van der Waals surface area contributed by atoms with Crippen molar-refractivity contribution in [2.24, 2.45) is 5.41 Å². The standard InChI is InChI=1S/C16H23NO5S/c1-10-13-11(18)8-16(2,3)9-12(13)22-14(10)15(19)17-6-5-7-23(4,20)21/h5-9H2,1-4H3,(H,17,19). The summed E-state index contributed by atoms with van der Waals surface area (Å²) in [5.41, 5.74) is 0.934. The Morgan fingerprint density at radius 3 is 2.57 bits per heavy atom. The number of carbonyl (C=O) groups is 2. The summed E-state index contributed by atoms with van der Waals surface area (Å²) in [4.78, 5) is 24.5. The molecule has 0 unspecified atom stereocenters. The largest absolute Gasteiger partial charge is 0.455 e. The molecule has 0 aromatic carbocycles. The third-order valence-electron chi connectivity index (χ3n) is 3.96. The number of fused-ring (bicyclic) bond motifs is 1. The molecule has 128 valence electrons. The Hall–Kier alpha value is -1.63. The van der Waals surface area contributed by atoms with E-state index in [1.54, 1.807) is 6.92 Å². The molecule has 0 saturated carbocycles. The van der Waals surface area contributed by atoms with Crippen LogP contribution in [0.5, 0.6) is 0 Å². The predicted octanol–water partition coefficient (Wildman–Crippen LogP) is 1.91. The Balaban J connectivity index is 2.10. The first-order valence-corrected chi connectivity index (χ1v) is 9.68. The first kappa shape index (κ1) is 17.7. The molecule has 1 amide bonds. The molecule has 0 fully saturated rings. The van der Waals surface area contributed by atoms with Gasteiger partial charge in [-0.25, -0.2) is 8.42 Å². The molecule has 0 saturated heterocycles. The molecule has 7 heteroatoms. The SMILES string of the molecule is Cc1c(C(=O)NCCCS(C)(=O)=O)oc2c1C(=O)CC(C)(C)C2. The number of hydrogen-bond donors (Lipinski definition) is 1. The number of rotatable bonds is 5. The van der Waals surface area contributed by atoms with Crippen LogP contribution >= 0.6 is 0 Å². The summed E-state index contributed by atoms with van der Waals surface area (Å²) in [5.74, 6) is 0.350. The van der Waals surface area contributed by atoms with Crippen molar-refractivity contribution >= 4 is 21.5 Å². The van der Waals surface area contributed by atoms with Crippen LogP contribution in [0.4, 0.5) is 0 Å². The van der Waals surface area contributed by atoms with Gasteiger partial charge >= 0.3 is 0 Å². The van der Waals surface area contributed by atoms with Crippen LogP contribution < -0.4 is 5.32 Å². The van der Waals surface area contributed by atoms with Gasteiger partial charge in [0.25, 0.3) is 5.91 Å². The van der Waals surface area contributed by atoms with Crippen molar-refractivity contribution < 1.29 is 22.4 Å². The second-order valence-electron chi connectivity index (χ2n) is 7.03. The molecule has 1 aromatic heterocycles. The number of hydrogen-bond acceptors (Lipinski definition) is 5. The second kappa shape index (κ2) is 6.11.